The third-order valence-electron chi connectivity index (χ3n) is 4.99. The Bertz CT molecular complexity index is 1330. The second kappa shape index (κ2) is 10.6. The van der Waals surface area contributed by atoms with Crippen molar-refractivity contribution in [2.75, 3.05) is 7.11 Å². The van der Waals surface area contributed by atoms with Gasteiger partial charge in [-0.3, -0.25) is 9.69 Å². The van der Waals surface area contributed by atoms with Crippen LogP contribution in [0.5, 0.6) is 5.75 Å². The Morgan fingerprint density at radius 2 is 1.91 bits per heavy atom. The number of ether oxygens (including phenoxy) is 2. The van der Waals surface area contributed by atoms with Gasteiger partial charge in [-0.1, -0.05) is 41.4 Å². The molecule has 0 atom stereocenters. The summed E-state index contributed by atoms with van der Waals surface area (Å²) < 4.78 is 16.3. The number of methoxy groups -OCH3 is 1. The van der Waals surface area contributed by atoms with Crippen molar-refractivity contribution in [1.82, 2.24) is 10.2 Å². The van der Waals surface area contributed by atoms with E-state index in [-0.39, 0.29) is 30.4 Å². The fourth-order valence-electron chi connectivity index (χ4n) is 3.28. The van der Waals surface area contributed by atoms with Gasteiger partial charge in [-0.2, -0.15) is 0 Å². The van der Waals surface area contributed by atoms with E-state index in [1.165, 1.54) is 25.3 Å². The van der Waals surface area contributed by atoms with Gasteiger partial charge in [0.15, 0.2) is 5.75 Å². The molecule has 0 bridgehead atoms. The molecule has 1 aliphatic heterocycles. The number of hydrogen-bond acceptors (Lipinski definition) is 6. The zero-order chi connectivity index (χ0) is 25.1. The molecule has 0 aliphatic carbocycles. The van der Waals surface area contributed by atoms with Crippen LogP contribution >= 0.6 is 39.1 Å². The quantitative estimate of drug-likeness (QED) is 0.215. The molecule has 2 heterocycles. The Kier molecular flexibility index (Phi) is 7.49. The Balaban J connectivity index is 1.48. The van der Waals surface area contributed by atoms with E-state index < -0.39 is 17.9 Å². The maximum absolute atomic E-state index is 12.8. The topological polar surface area (TPSA) is 98.1 Å². The molecular formula is C24H17BrCl2N2O6. The summed E-state index contributed by atoms with van der Waals surface area (Å²) in [7, 11) is 1.22. The molecule has 180 valence electrons. The molecule has 3 aromatic rings. The van der Waals surface area contributed by atoms with Crippen LogP contribution < -0.4 is 10.1 Å². The molecule has 0 unspecified atom stereocenters. The van der Waals surface area contributed by atoms with Crippen molar-refractivity contribution in [3.05, 3.63) is 91.4 Å². The van der Waals surface area contributed by atoms with E-state index in [2.05, 4.69) is 26.0 Å². The molecular weight excluding hydrogens is 563 g/mol. The molecule has 1 fully saturated rings. The molecule has 8 nitrogen and oxygen atoms in total. The van der Waals surface area contributed by atoms with E-state index in [0.717, 1.165) is 10.5 Å². The number of urea groups is 1. The summed E-state index contributed by atoms with van der Waals surface area (Å²) in [6, 6.07) is 12.9. The molecule has 0 radical (unpaired) electrons. The minimum Gasteiger partial charge on any atom is -0.486 e. The second-order valence-electron chi connectivity index (χ2n) is 7.33. The maximum Gasteiger partial charge on any atom is 0.373 e. The first kappa shape index (κ1) is 24.8. The molecule has 11 heteroatoms. The van der Waals surface area contributed by atoms with Gasteiger partial charge >= 0.3 is 12.0 Å². The number of imide groups is 1. The highest BCUT2D eigenvalue weighted by Crippen LogP contribution is 2.36. The molecule has 0 spiro atoms. The van der Waals surface area contributed by atoms with Gasteiger partial charge in [0.1, 0.15) is 18.1 Å². The summed E-state index contributed by atoms with van der Waals surface area (Å²) in [4.78, 5) is 37.7. The average Bonchev–Trinajstić information content (AvgIpc) is 3.39. The van der Waals surface area contributed by atoms with Crippen LogP contribution in [0.2, 0.25) is 10.0 Å². The molecule has 4 rings (SSSR count). The molecule has 35 heavy (non-hydrogen) atoms. The summed E-state index contributed by atoms with van der Waals surface area (Å²) in [6.07, 6.45) is 1.50. The van der Waals surface area contributed by atoms with E-state index in [0.29, 0.717) is 25.8 Å². The standard InChI is InChI=1S/C24H17BrCl2N2O6/c1-33-23(31)20-7-6-15(35-20)11-29-22(30)19(28-24(29)32)10-13-8-16(25)21(18(27)9-13)34-12-14-4-2-3-5-17(14)26/h2-10H,11-12H2,1H3,(H,28,32)/b19-10-. The maximum atomic E-state index is 12.8. The van der Waals surface area contributed by atoms with Crippen LogP contribution in [0.4, 0.5) is 4.79 Å². The lowest BCUT2D eigenvalue weighted by molar-refractivity contribution is -0.123. The predicted octanol–water partition coefficient (Wildman–Crippen LogP) is 5.81. The molecule has 2 aromatic carbocycles. The highest BCUT2D eigenvalue weighted by atomic mass is 79.9. The average molecular weight is 580 g/mol. The van der Waals surface area contributed by atoms with Crippen LogP contribution in [0.1, 0.15) is 27.4 Å². The number of rotatable bonds is 7. The lowest BCUT2D eigenvalue weighted by Gasteiger charge is -2.12. The Morgan fingerprint density at radius 3 is 2.63 bits per heavy atom. The summed E-state index contributed by atoms with van der Waals surface area (Å²) in [5.74, 6) is -0.577. The third kappa shape index (κ3) is 5.53. The van der Waals surface area contributed by atoms with Gasteiger partial charge in [-0.15, -0.1) is 0 Å². The predicted molar refractivity (Wildman–Crippen MR) is 132 cm³/mol. The van der Waals surface area contributed by atoms with Gasteiger partial charge in [0.05, 0.1) is 23.1 Å². The number of amides is 3. The smallest absolute Gasteiger partial charge is 0.373 e. The lowest BCUT2D eigenvalue weighted by atomic mass is 10.1. The monoisotopic (exact) mass is 578 g/mol. The second-order valence-corrected chi connectivity index (χ2v) is 9.00. The SMILES string of the molecule is COC(=O)c1ccc(CN2C(=O)N/C(=C\c3cc(Cl)c(OCc4ccccc4Cl)c(Br)c3)C2=O)o1. The van der Waals surface area contributed by atoms with Crippen LogP contribution in [-0.2, 0) is 22.7 Å². The zero-order valence-corrected chi connectivity index (χ0v) is 21.2. The van der Waals surface area contributed by atoms with Gasteiger partial charge in [0.2, 0.25) is 5.76 Å². The van der Waals surface area contributed by atoms with Crippen LogP contribution in [0, 0.1) is 0 Å². The van der Waals surface area contributed by atoms with Crippen LogP contribution in [0.3, 0.4) is 0 Å². The van der Waals surface area contributed by atoms with Crippen LogP contribution in [-0.4, -0.2) is 29.9 Å². The largest absolute Gasteiger partial charge is 0.486 e. The fraction of sp³-hybridized carbons (Fsp3) is 0.125. The summed E-state index contributed by atoms with van der Waals surface area (Å²) in [5.41, 5.74) is 1.42. The first-order valence-electron chi connectivity index (χ1n) is 10.1. The first-order valence-corrected chi connectivity index (χ1v) is 11.7. The summed E-state index contributed by atoms with van der Waals surface area (Å²) >= 11 is 16.0. The minimum atomic E-state index is -0.657. The van der Waals surface area contributed by atoms with Crippen molar-refractivity contribution >= 4 is 63.1 Å². The minimum absolute atomic E-state index is 0.0262. The number of furan rings is 1. The number of benzene rings is 2. The molecule has 1 aromatic heterocycles. The number of carbonyl (C=O) groups is 3. The van der Waals surface area contributed by atoms with Crippen molar-refractivity contribution in [2.45, 2.75) is 13.2 Å². The number of esters is 1. The van der Waals surface area contributed by atoms with E-state index in [1.807, 2.05) is 18.2 Å². The van der Waals surface area contributed by atoms with Crippen molar-refractivity contribution in [2.24, 2.45) is 0 Å². The van der Waals surface area contributed by atoms with Crippen molar-refractivity contribution in [1.29, 1.82) is 0 Å². The van der Waals surface area contributed by atoms with Crippen molar-refractivity contribution in [3.8, 4) is 5.75 Å². The van der Waals surface area contributed by atoms with Gasteiger partial charge in [-0.25, -0.2) is 9.59 Å². The van der Waals surface area contributed by atoms with Gasteiger partial charge < -0.3 is 19.2 Å². The number of nitrogens with zero attached hydrogens (tertiary/aromatic N) is 1. The number of halogens is 3. The van der Waals surface area contributed by atoms with Crippen LogP contribution in [0.25, 0.3) is 6.08 Å². The molecule has 1 aliphatic rings. The highest BCUT2D eigenvalue weighted by Gasteiger charge is 2.34. The Hall–Kier alpha value is -3.27. The van der Waals surface area contributed by atoms with Crippen molar-refractivity contribution in [3.63, 3.8) is 0 Å². The van der Waals surface area contributed by atoms with E-state index >= 15 is 0 Å². The highest BCUT2D eigenvalue weighted by molar-refractivity contribution is 9.10. The normalized spacial score (nSPS) is 14.4. The fourth-order valence-corrected chi connectivity index (χ4v) is 4.46. The van der Waals surface area contributed by atoms with Crippen molar-refractivity contribution < 1.29 is 28.3 Å². The van der Waals surface area contributed by atoms with Gasteiger partial charge in [0.25, 0.3) is 5.91 Å². The van der Waals surface area contributed by atoms with Gasteiger partial charge in [0, 0.05) is 10.6 Å². The van der Waals surface area contributed by atoms with E-state index in [4.69, 9.17) is 32.4 Å². The van der Waals surface area contributed by atoms with Gasteiger partial charge in [-0.05, 0) is 57.9 Å². The summed E-state index contributed by atoms with van der Waals surface area (Å²) in [6.45, 7) is 0.0602. The molecule has 0 saturated carbocycles. The third-order valence-corrected chi connectivity index (χ3v) is 6.22. The Morgan fingerprint density at radius 1 is 1.14 bits per heavy atom. The molecule has 3 amide bonds. The summed E-state index contributed by atoms with van der Waals surface area (Å²) in [5, 5.41) is 3.41. The molecule has 1 saturated heterocycles. The van der Waals surface area contributed by atoms with E-state index in [1.54, 1.807) is 18.2 Å². The van der Waals surface area contributed by atoms with E-state index in [9.17, 15) is 14.4 Å². The molecule has 1 N–H and O–H groups in total. The lowest BCUT2D eigenvalue weighted by Crippen LogP contribution is -2.30. The number of hydrogen-bond donors (Lipinski definition) is 1. The zero-order valence-electron chi connectivity index (χ0n) is 18.1. The van der Waals surface area contributed by atoms with Crippen LogP contribution in [0.15, 0.2) is 63.1 Å². The first-order chi connectivity index (χ1) is 16.8. The number of nitrogens with one attached hydrogen (secondary N) is 1. The number of carbonyl (C=O) groups excluding carboxylic acids is 3. The Labute approximate surface area is 218 Å².